The van der Waals surface area contributed by atoms with Crippen molar-refractivity contribution in [3.05, 3.63) is 45.0 Å². The topological polar surface area (TPSA) is 101 Å². The number of pyridine rings is 1. The largest absolute Gasteiger partial charge is 0.344 e. The van der Waals surface area contributed by atoms with Gasteiger partial charge in [-0.25, -0.2) is 0 Å². The maximum Gasteiger partial charge on any atom is 0.261 e. The summed E-state index contributed by atoms with van der Waals surface area (Å²) in [6.07, 6.45) is 5.08. The molecule has 0 spiro atoms. The Balaban J connectivity index is 1.77. The predicted molar refractivity (Wildman–Crippen MR) is 78.5 cm³/mol. The summed E-state index contributed by atoms with van der Waals surface area (Å²) in [6, 6.07) is 1.72. The quantitative estimate of drug-likeness (QED) is 0.831. The number of aromatic amines is 1. The van der Waals surface area contributed by atoms with Crippen LogP contribution in [0.3, 0.4) is 0 Å². The zero-order valence-corrected chi connectivity index (χ0v) is 12.4. The Labute approximate surface area is 127 Å². The first kappa shape index (κ1) is 14.5. The summed E-state index contributed by atoms with van der Waals surface area (Å²) in [6.45, 7) is 1.81. The van der Waals surface area contributed by atoms with Gasteiger partial charge in [0.1, 0.15) is 5.56 Å². The van der Waals surface area contributed by atoms with Gasteiger partial charge in [-0.15, -0.1) is 0 Å². The maximum absolute atomic E-state index is 12.2. The summed E-state index contributed by atoms with van der Waals surface area (Å²) >= 11 is 0. The predicted octanol–water partition coefficient (Wildman–Crippen LogP) is 1.27. The van der Waals surface area contributed by atoms with Crippen LogP contribution in [-0.4, -0.2) is 21.0 Å². The number of nitrogens with one attached hydrogen (secondary N) is 2. The van der Waals surface area contributed by atoms with Crippen LogP contribution in [-0.2, 0) is 19.4 Å². The second kappa shape index (κ2) is 6.13. The second-order valence-corrected chi connectivity index (χ2v) is 5.49. The number of carbonyl (C=O) groups is 1. The fourth-order valence-corrected chi connectivity index (χ4v) is 2.69. The number of aryl methyl sites for hydroxylation is 3. The third kappa shape index (κ3) is 3.08. The molecule has 0 aromatic carbocycles. The summed E-state index contributed by atoms with van der Waals surface area (Å²) in [5.74, 6) is 0.403. The Morgan fingerprint density at radius 1 is 1.36 bits per heavy atom. The van der Waals surface area contributed by atoms with Crippen molar-refractivity contribution in [2.75, 3.05) is 0 Å². The van der Waals surface area contributed by atoms with Crippen molar-refractivity contribution >= 4 is 5.91 Å². The first-order chi connectivity index (χ1) is 10.6. The number of aromatic nitrogens is 3. The third-order valence-corrected chi connectivity index (χ3v) is 3.81. The lowest BCUT2D eigenvalue weighted by atomic mass is 10.1. The van der Waals surface area contributed by atoms with Gasteiger partial charge in [-0.3, -0.25) is 9.59 Å². The molecule has 0 fully saturated rings. The molecule has 0 bridgehead atoms. The Kier molecular flexibility index (Phi) is 4.04. The van der Waals surface area contributed by atoms with Crippen LogP contribution < -0.4 is 10.9 Å². The smallest absolute Gasteiger partial charge is 0.261 e. The Bertz CT molecular complexity index is 747. The fraction of sp³-hybridized carbons (Fsp3) is 0.467. The minimum atomic E-state index is -0.421. The molecule has 0 unspecified atom stereocenters. The van der Waals surface area contributed by atoms with E-state index >= 15 is 0 Å². The molecule has 22 heavy (non-hydrogen) atoms. The highest BCUT2D eigenvalue weighted by molar-refractivity contribution is 5.93. The van der Waals surface area contributed by atoms with Gasteiger partial charge in [0.25, 0.3) is 11.5 Å². The van der Waals surface area contributed by atoms with Crippen LogP contribution in [0.2, 0.25) is 0 Å². The van der Waals surface area contributed by atoms with Crippen molar-refractivity contribution in [2.45, 2.75) is 45.6 Å². The number of fused-ring (bicyclic) bond motifs is 1. The van der Waals surface area contributed by atoms with E-state index in [0.29, 0.717) is 11.7 Å². The summed E-state index contributed by atoms with van der Waals surface area (Å²) < 4.78 is 4.83. The molecule has 0 saturated heterocycles. The van der Waals surface area contributed by atoms with Crippen molar-refractivity contribution < 1.29 is 9.32 Å². The molecular formula is C15H18N4O3. The lowest BCUT2D eigenvalue weighted by Gasteiger charge is -2.08. The third-order valence-electron chi connectivity index (χ3n) is 3.81. The minimum Gasteiger partial charge on any atom is -0.344 e. The van der Waals surface area contributed by atoms with Gasteiger partial charge in [-0.2, -0.15) is 4.98 Å². The highest BCUT2D eigenvalue weighted by Crippen LogP contribution is 2.18. The number of H-pyrrole nitrogens is 1. The van der Waals surface area contributed by atoms with E-state index in [4.69, 9.17) is 4.52 Å². The highest BCUT2D eigenvalue weighted by atomic mass is 16.5. The molecule has 1 aliphatic rings. The van der Waals surface area contributed by atoms with Crippen LogP contribution in [0.1, 0.15) is 52.6 Å². The molecule has 3 rings (SSSR count). The molecule has 0 aliphatic heterocycles. The van der Waals surface area contributed by atoms with Crippen LogP contribution >= 0.6 is 0 Å². The number of hydrogen-bond acceptors (Lipinski definition) is 5. The molecule has 0 radical (unpaired) electrons. The molecule has 1 amide bonds. The average Bonchev–Trinajstić information content (AvgIpc) is 2.78. The first-order valence-corrected chi connectivity index (χ1v) is 7.46. The standard InChI is InChI=1S/C15H18N4O3/c1-9-17-13(19-22-9)8-16-14(20)11-7-10-5-3-2-4-6-12(10)18-15(11)21/h7H,2-6,8H2,1H3,(H,16,20)(H,18,21). The van der Waals surface area contributed by atoms with E-state index in [0.717, 1.165) is 43.4 Å². The molecule has 2 N–H and O–H groups in total. The van der Waals surface area contributed by atoms with Gasteiger partial charge in [-0.1, -0.05) is 11.6 Å². The molecule has 2 heterocycles. The van der Waals surface area contributed by atoms with Crippen LogP contribution in [0.5, 0.6) is 0 Å². The lowest BCUT2D eigenvalue weighted by Crippen LogP contribution is -2.30. The monoisotopic (exact) mass is 302 g/mol. The average molecular weight is 302 g/mol. The normalized spacial score (nSPS) is 14.2. The molecule has 7 nitrogen and oxygen atoms in total. The van der Waals surface area contributed by atoms with E-state index in [2.05, 4.69) is 20.4 Å². The molecule has 116 valence electrons. The van der Waals surface area contributed by atoms with Crippen molar-refractivity contribution in [2.24, 2.45) is 0 Å². The Morgan fingerprint density at radius 2 is 2.18 bits per heavy atom. The highest BCUT2D eigenvalue weighted by Gasteiger charge is 2.16. The summed E-state index contributed by atoms with van der Waals surface area (Å²) in [4.78, 5) is 31.2. The van der Waals surface area contributed by atoms with E-state index in [1.807, 2.05) is 0 Å². The summed E-state index contributed by atoms with van der Waals surface area (Å²) in [5, 5.41) is 6.35. The molecule has 7 heteroatoms. The van der Waals surface area contributed by atoms with E-state index < -0.39 is 5.91 Å². The molecule has 2 aromatic rings. The van der Waals surface area contributed by atoms with Crippen molar-refractivity contribution in [1.82, 2.24) is 20.4 Å². The molecule has 0 atom stereocenters. The van der Waals surface area contributed by atoms with Crippen molar-refractivity contribution in [1.29, 1.82) is 0 Å². The zero-order valence-electron chi connectivity index (χ0n) is 12.4. The van der Waals surface area contributed by atoms with E-state index in [-0.39, 0.29) is 17.7 Å². The van der Waals surface area contributed by atoms with Gasteiger partial charge in [0.05, 0.1) is 6.54 Å². The number of nitrogens with zero attached hydrogens (tertiary/aromatic N) is 2. The van der Waals surface area contributed by atoms with Crippen molar-refractivity contribution in [3.8, 4) is 0 Å². The number of amides is 1. The maximum atomic E-state index is 12.2. The summed E-state index contributed by atoms with van der Waals surface area (Å²) in [7, 11) is 0. The number of rotatable bonds is 3. The van der Waals surface area contributed by atoms with Gasteiger partial charge in [0.2, 0.25) is 5.89 Å². The second-order valence-electron chi connectivity index (χ2n) is 5.49. The zero-order chi connectivity index (χ0) is 15.5. The number of carbonyl (C=O) groups excluding carboxylic acids is 1. The Morgan fingerprint density at radius 3 is 2.95 bits per heavy atom. The molecular weight excluding hydrogens is 284 g/mol. The van der Waals surface area contributed by atoms with E-state index in [9.17, 15) is 9.59 Å². The van der Waals surface area contributed by atoms with Gasteiger partial charge in [0.15, 0.2) is 5.82 Å². The van der Waals surface area contributed by atoms with Crippen molar-refractivity contribution in [3.63, 3.8) is 0 Å². The molecule has 2 aromatic heterocycles. The van der Waals surface area contributed by atoms with Gasteiger partial charge >= 0.3 is 0 Å². The SMILES string of the molecule is Cc1nc(CNC(=O)c2cc3c([nH]c2=O)CCCCC3)no1. The number of hydrogen-bond donors (Lipinski definition) is 2. The van der Waals surface area contributed by atoms with Crippen LogP contribution in [0.15, 0.2) is 15.4 Å². The van der Waals surface area contributed by atoms with E-state index in [1.165, 1.54) is 0 Å². The van der Waals surface area contributed by atoms with Gasteiger partial charge < -0.3 is 14.8 Å². The molecule has 0 saturated carbocycles. The molecule has 1 aliphatic carbocycles. The Hall–Kier alpha value is -2.44. The first-order valence-electron chi connectivity index (χ1n) is 7.46. The van der Waals surface area contributed by atoms with Crippen LogP contribution in [0.25, 0.3) is 0 Å². The van der Waals surface area contributed by atoms with Gasteiger partial charge in [-0.05, 0) is 37.3 Å². The minimum absolute atomic E-state index is 0.132. The summed E-state index contributed by atoms with van der Waals surface area (Å²) in [5.41, 5.74) is 1.83. The van der Waals surface area contributed by atoms with Crippen LogP contribution in [0.4, 0.5) is 0 Å². The van der Waals surface area contributed by atoms with Gasteiger partial charge in [0, 0.05) is 12.6 Å². The fourth-order valence-electron chi connectivity index (χ4n) is 2.69. The lowest BCUT2D eigenvalue weighted by molar-refractivity contribution is 0.0948. The van der Waals surface area contributed by atoms with Crippen LogP contribution in [0, 0.1) is 6.92 Å². The van der Waals surface area contributed by atoms with E-state index in [1.54, 1.807) is 13.0 Å².